The van der Waals surface area contributed by atoms with Gasteiger partial charge in [0.25, 0.3) is 0 Å². The van der Waals surface area contributed by atoms with Gasteiger partial charge >= 0.3 is 0 Å². The lowest BCUT2D eigenvalue weighted by Gasteiger charge is -2.42. The van der Waals surface area contributed by atoms with Crippen molar-refractivity contribution in [2.75, 3.05) is 0 Å². The van der Waals surface area contributed by atoms with E-state index in [-0.39, 0.29) is 11.7 Å². The molecule has 18 heavy (non-hydrogen) atoms. The lowest BCUT2D eigenvalue weighted by Crippen LogP contribution is -2.51. The molecule has 1 aliphatic heterocycles. The fourth-order valence-electron chi connectivity index (χ4n) is 3.94. The SMILES string of the molecule is CC(C)[C@]12OC1C[C@@H](C)C[C@@]2(O)c1ccccc1. The Morgan fingerprint density at radius 2 is 1.94 bits per heavy atom. The molecule has 2 heteroatoms. The first-order chi connectivity index (χ1) is 8.50. The molecule has 0 radical (unpaired) electrons. The average molecular weight is 246 g/mol. The van der Waals surface area contributed by atoms with Crippen LogP contribution in [0.5, 0.6) is 0 Å². The third kappa shape index (κ3) is 1.42. The van der Waals surface area contributed by atoms with E-state index >= 15 is 0 Å². The van der Waals surface area contributed by atoms with E-state index in [1.165, 1.54) is 0 Å². The zero-order valence-electron chi connectivity index (χ0n) is 11.4. The van der Waals surface area contributed by atoms with Crippen molar-refractivity contribution in [2.24, 2.45) is 11.8 Å². The largest absolute Gasteiger partial charge is 0.382 e. The number of hydrogen-bond acceptors (Lipinski definition) is 2. The number of benzene rings is 1. The van der Waals surface area contributed by atoms with Crippen molar-refractivity contribution in [1.82, 2.24) is 0 Å². The van der Waals surface area contributed by atoms with E-state index in [1.807, 2.05) is 30.3 Å². The lowest BCUT2D eigenvalue weighted by atomic mass is 9.64. The second-order valence-corrected chi connectivity index (χ2v) is 6.33. The number of epoxide rings is 1. The Balaban J connectivity index is 2.07. The van der Waals surface area contributed by atoms with Gasteiger partial charge < -0.3 is 9.84 Å². The van der Waals surface area contributed by atoms with Crippen molar-refractivity contribution in [3.05, 3.63) is 35.9 Å². The predicted molar refractivity (Wildman–Crippen MR) is 71.2 cm³/mol. The monoisotopic (exact) mass is 246 g/mol. The first-order valence-corrected chi connectivity index (χ1v) is 6.96. The minimum Gasteiger partial charge on any atom is -0.382 e. The maximum absolute atomic E-state index is 11.3. The topological polar surface area (TPSA) is 32.8 Å². The van der Waals surface area contributed by atoms with Gasteiger partial charge in [-0.1, -0.05) is 51.1 Å². The Labute approximate surface area is 109 Å². The van der Waals surface area contributed by atoms with Crippen molar-refractivity contribution in [3.8, 4) is 0 Å². The maximum Gasteiger partial charge on any atom is 0.130 e. The molecule has 0 spiro atoms. The summed E-state index contributed by atoms with van der Waals surface area (Å²) in [5.41, 5.74) is -0.182. The van der Waals surface area contributed by atoms with Crippen LogP contribution in [-0.4, -0.2) is 16.8 Å². The molecule has 4 atom stereocenters. The van der Waals surface area contributed by atoms with E-state index in [0.717, 1.165) is 18.4 Å². The van der Waals surface area contributed by atoms with Crippen LogP contribution in [0.3, 0.4) is 0 Å². The molecule has 1 aliphatic carbocycles. The summed E-state index contributed by atoms with van der Waals surface area (Å²) >= 11 is 0. The van der Waals surface area contributed by atoms with Crippen molar-refractivity contribution in [2.45, 2.75) is 50.9 Å². The predicted octanol–water partition coefficient (Wildman–Crippen LogP) is 3.10. The van der Waals surface area contributed by atoms with Crippen LogP contribution >= 0.6 is 0 Å². The number of aliphatic hydroxyl groups is 1. The van der Waals surface area contributed by atoms with Crippen LogP contribution in [0.2, 0.25) is 0 Å². The lowest BCUT2D eigenvalue weighted by molar-refractivity contribution is -0.0844. The third-order valence-corrected chi connectivity index (χ3v) is 4.77. The number of fused-ring (bicyclic) bond motifs is 1. The fourth-order valence-corrected chi connectivity index (χ4v) is 3.94. The summed E-state index contributed by atoms with van der Waals surface area (Å²) in [5.74, 6) is 0.842. The molecule has 0 bridgehead atoms. The third-order valence-electron chi connectivity index (χ3n) is 4.77. The first-order valence-electron chi connectivity index (χ1n) is 6.96. The van der Waals surface area contributed by atoms with Gasteiger partial charge in [0.2, 0.25) is 0 Å². The van der Waals surface area contributed by atoms with Gasteiger partial charge in [0, 0.05) is 0 Å². The minimum absolute atomic E-state index is 0.228. The molecule has 1 heterocycles. The van der Waals surface area contributed by atoms with Crippen molar-refractivity contribution in [3.63, 3.8) is 0 Å². The van der Waals surface area contributed by atoms with E-state index in [2.05, 4.69) is 20.8 Å². The summed E-state index contributed by atoms with van der Waals surface area (Å²) in [5, 5.41) is 11.3. The Kier molecular flexibility index (Phi) is 2.58. The summed E-state index contributed by atoms with van der Waals surface area (Å²) < 4.78 is 6.02. The Hall–Kier alpha value is -0.860. The first kappa shape index (κ1) is 12.2. The van der Waals surface area contributed by atoms with E-state index in [4.69, 9.17) is 4.74 Å². The van der Waals surface area contributed by atoms with E-state index in [1.54, 1.807) is 0 Å². The van der Waals surface area contributed by atoms with Crippen molar-refractivity contribution >= 4 is 0 Å². The van der Waals surface area contributed by atoms with Gasteiger partial charge in [-0.05, 0) is 30.2 Å². The van der Waals surface area contributed by atoms with Gasteiger partial charge in [0.05, 0.1) is 6.10 Å². The van der Waals surface area contributed by atoms with Gasteiger partial charge in [0.15, 0.2) is 0 Å². The summed E-state index contributed by atoms with van der Waals surface area (Å²) in [7, 11) is 0. The van der Waals surface area contributed by atoms with Crippen LogP contribution in [0, 0.1) is 11.8 Å². The molecule has 98 valence electrons. The molecule has 1 unspecified atom stereocenters. The van der Waals surface area contributed by atoms with Gasteiger partial charge in [-0.25, -0.2) is 0 Å². The number of ether oxygens (including phenoxy) is 1. The Morgan fingerprint density at radius 3 is 2.56 bits per heavy atom. The van der Waals surface area contributed by atoms with E-state index in [9.17, 15) is 5.11 Å². The van der Waals surface area contributed by atoms with E-state index < -0.39 is 5.60 Å². The summed E-state index contributed by atoms with van der Waals surface area (Å²) in [6.07, 6.45) is 2.10. The van der Waals surface area contributed by atoms with Crippen LogP contribution < -0.4 is 0 Å². The molecule has 2 aliphatic rings. The highest BCUT2D eigenvalue weighted by molar-refractivity contribution is 5.33. The molecule has 1 saturated heterocycles. The highest BCUT2D eigenvalue weighted by Crippen LogP contribution is 2.62. The molecule has 2 fully saturated rings. The zero-order valence-corrected chi connectivity index (χ0v) is 11.4. The zero-order chi connectivity index (χ0) is 13.0. The molecule has 2 nitrogen and oxygen atoms in total. The van der Waals surface area contributed by atoms with Gasteiger partial charge in [-0.3, -0.25) is 0 Å². The quantitative estimate of drug-likeness (QED) is 0.813. The number of rotatable bonds is 2. The summed E-state index contributed by atoms with van der Waals surface area (Å²) in [4.78, 5) is 0. The highest BCUT2D eigenvalue weighted by atomic mass is 16.6. The molecular weight excluding hydrogens is 224 g/mol. The Morgan fingerprint density at radius 1 is 1.28 bits per heavy atom. The van der Waals surface area contributed by atoms with Crippen LogP contribution in [-0.2, 0) is 10.3 Å². The van der Waals surface area contributed by atoms with Crippen LogP contribution in [0.1, 0.15) is 39.2 Å². The van der Waals surface area contributed by atoms with Crippen molar-refractivity contribution < 1.29 is 9.84 Å². The standard InChI is InChI=1S/C16H22O2/c1-11(2)16-14(18-16)9-12(3)10-15(16,17)13-7-5-4-6-8-13/h4-8,11-12,14,17H,9-10H2,1-3H3/t12-,14?,15-,16+/m1/s1. The van der Waals surface area contributed by atoms with Gasteiger partial charge in [-0.2, -0.15) is 0 Å². The molecule has 0 amide bonds. The van der Waals surface area contributed by atoms with Crippen LogP contribution in [0.25, 0.3) is 0 Å². The van der Waals surface area contributed by atoms with E-state index in [0.29, 0.717) is 11.8 Å². The molecule has 1 aromatic rings. The average Bonchev–Trinajstić information content (AvgIpc) is 3.06. The molecule has 1 saturated carbocycles. The maximum atomic E-state index is 11.3. The smallest absolute Gasteiger partial charge is 0.130 e. The molecule has 1 N–H and O–H groups in total. The number of hydrogen-bond donors (Lipinski definition) is 1. The van der Waals surface area contributed by atoms with Crippen LogP contribution in [0.15, 0.2) is 30.3 Å². The molecule has 0 aromatic heterocycles. The molecule has 3 rings (SSSR count). The van der Waals surface area contributed by atoms with Crippen molar-refractivity contribution in [1.29, 1.82) is 0 Å². The van der Waals surface area contributed by atoms with Gasteiger partial charge in [-0.15, -0.1) is 0 Å². The second-order valence-electron chi connectivity index (χ2n) is 6.33. The second kappa shape index (κ2) is 3.82. The normalized spacial score (nSPS) is 42.7. The summed E-state index contributed by atoms with van der Waals surface area (Å²) in [6.45, 7) is 6.52. The van der Waals surface area contributed by atoms with Crippen LogP contribution in [0.4, 0.5) is 0 Å². The molecular formula is C16H22O2. The summed E-state index contributed by atoms with van der Waals surface area (Å²) in [6, 6.07) is 10.0. The molecule has 1 aromatic carbocycles. The van der Waals surface area contributed by atoms with Gasteiger partial charge in [0.1, 0.15) is 11.2 Å². The fraction of sp³-hybridized carbons (Fsp3) is 0.625. The Bertz CT molecular complexity index is 442. The highest BCUT2D eigenvalue weighted by Gasteiger charge is 2.72. The minimum atomic E-state index is -0.829.